The maximum Gasteiger partial charge on any atom is 0.122 e. The fourth-order valence-electron chi connectivity index (χ4n) is 2.52. The van der Waals surface area contributed by atoms with E-state index in [-0.39, 0.29) is 5.41 Å². The molecule has 114 valence electrons. The van der Waals surface area contributed by atoms with Gasteiger partial charge < -0.3 is 5.11 Å². The van der Waals surface area contributed by atoms with Crippen LogP contribution < -0.4 is 0 Å². The summed E-state index contributed by atoms with van der Waals surface area (Å²) in [4.78, 5) is 0. The average molecular weight is 297 g/mol. The Labute approximate surface area is 129 Å². The quantitative estimate of drug-likeness (QED) is 0.487. The first-order valence-corrected chi connectivity index (χ1v) is 8.34. The predicted octanol–water partition coefficient (Wildman–Crippen LogP) is 5.94. The number of aryl methyl sites for hydroxylation is 1. The van der Waals surface area contributed by atoms with Gasteiger partial charge in [-0.05, 0) is 34.9 Å². The highest BCUT2D eigenvalue weighted by Gasteiger charge is 2.21. The highest BCUT2D eigenvalue weighted by molar-refractivity contribution is 6.17. The molecular weight excluding hydrogens is 268 g/mol. The third kappa shape index (κ3) is 5.01. The molecule has 0 amide bonds. The van der Waals surface area contributed by atoms with E-state index in [4.69, 9.17) is 11.6 Å². The molecule has 1 aromatic rings. The zero-order valence-corrected chi connectivity index (χ0v) is 14.2. The summed E-state index contributed by atoms with van der Waals surface area (Å²) in [6, 6.07) is 4.11. The largest absolute Gasteiger partial charge is 0.507 e. The first kappa shape index (κ1) is 17.4. The maximum absolute atomic E-state index is 10.5. The summed E-state index contributed by atoms with van der Waals surface area (Å²) in [5, 5.41) is 10.5. The molecular formula is C18H29ClO. The van der Waals surface area contributed by atoms with E-state index < -0.39 is 0 Å². The van der Waals surface area contributed by atoms with E-state index >= 15 is 0 Å². The molecule has 0 unspecified atom stereocenters. The standard InChI is InChI=1S/C18H29ClO/c1-5-6-7-8-9-10-15-11-14(13-19)12-16(17(15)20)18(2,3)4/h11-12,20H,5-10,13H2,1-4H3. The Morgan fingerprint density at radius 3 is 2.25 bits per heavy atom. The van der Waals surface area contributed by atoms with Gasteiger partial charge in [0, 0.05) is 5.88 Å². The molecule has 0 fully saturated rings. The Bertz CT molecular complexity index is 418. The summed E-state index contributed by atoms with van der Waals surface area (Å²) in [5.41, 5.74) is 3.13. The summed E-state index contributed by atoms with van der Waals surface area (Å²) in [7, 11) is 0. The van der Waals surface area contributed by atoms with Crippen molar-refractivity contribution in [2.75, 3.05) is 0 Å². The molecule has 20 heavy (non-hydrogen) atoms. The van der Waals surface area contributed by atoms with Crippen LogP contribution in [-0.2, 0) is 17.7 Å². The molecule has 1 N–H and O–H groups in total. The summed E-state index contributed by atoms with van der Waals surface area (Å²) in [6.45, 7) is 8.62. The van der Waals surface area contributed by atoms with Crippen molar-refractivity contribution in [3.05, 3.63) is 28.8 Å². The van der Waals surface area contributed by atoms with Crippen molar-refractivity contribution < 1.29 is 5.11 Å². The average Bonchev–Trinajstić information content (AvgIpc) is 2.39. The van der Waals surface area contributed by atoms with Gasteiger partial charge in [0.05, 0.1) is 0 Å². The summed E-state index contributed by atoms with van der Waals surface area (Å²) in [6.07, 6.45) is 7.19. The van der Waals surface area contributed by atoms with Crippen molar-refractivity contribution in [3.8, 4) is 5.75 Å². The van der Waals surface area contributed by atoms with Gasteiger partial charge in [-0.1, -0.05) is 65.5 Å². The number of phenols is 1. The van der Waals surface area contributed by atoms with Gasteiger partial charge >= 0.3 is 0 Å². The number of unbranched alkanes of at least 4 members (excludes halogenated alkanes) is 4. The minimum absolute atomic E-state index is 0.0525. The van der Waals surface area contributed by atoms with Gasteiger partial charge in [0.15, 0.2) is 0 Å². The molecule has 2 heteroatoms. The summed E-state index contributed by atoms with van der Waals surface area (Å²) < 4.78 is 0. The molecule has 0 spiro atoms. The number of alkyl halides is 1. The molecule has 0 atom stereocenters. The van der Waals surface area contributed by atoms with Crippen LogP contribution in [0, 0.1) is 0 Å². The van der Waals surface area contributed by atoms with Crippen LogP contribution in [0.1, 0.15) is 76.5 Å². The molecule has 0 aliphatic rings. The molecule has 0 radical (unpaired) electrons. The lowest BCUT2D eigenvalue weighted by Gasteiger charge is -2.23. The first-order chi connectivity index (χ1) is 9.40. The lowest BCUT2D eigenvalue weighted by Crippen LogP contribution is -2.13. The second-order valence-corrected chi connectivity index (χ2v) is 6.97. The van der Waals surface area contributed by atoms with Gasteiger partial charge in [-0.3, -0.25) is 0 Å². The Balaban J connectivity index is 2.84. The normalized spacial score (nSPS) is 11.8. The van der Waals surface area contributed by atoms with Crippen LogP contribution >= 0.6 is 11.6 Å². The Kier molecular flexibility index (Phi) is 6.88. The molecule has 0 aliphatic heterocycles. The maximum atomic E-state index is 10.5. The van der Waals surface area contributed by atoms with Crippen molar-refractivity contribution in [2.45, 2.75) is 77.5 Å². The third-order valence-electron chi connectivity index (χ3n) is 3.76. The van der Waals surface area contributed by atoms with Crippen LogP contribution in [0.2, 0.25) is 0 Å². The second kappa shape index (κ2) is 7.93. The zero-order valence-electron chi connectivity index (χ0n) is 13.4. The summed E-state index contributed by atoms with van der Waals surface area (Å²) >= 11 is 5.99. The molecule has 1 nitrogen and oxygen atoms in total. The highest BCUT2D eigenvalue weighted by atomic mass is 35.5. The van der Waals surface area contributed by atoms with Crippen LogP contribution in [-0.4, -0.2) is 5.11 Å². The second-order valence-electron chi connectivity index (χ2n) is 6.70. The van der Waals surface area contributed by atoms with Crippen molar-refractivity contribution in [2.24, 2.45) is 0 Å². The van der Waals surface area contributed by atoms with E-state index in [0.29, 0.717) is 11.6 Å². The van der Waals surface area contributed by atoms with E-state index in [9.17, 15) is 5.11 Å². The molecule has 0 heterocycles. The van der Waals surface area contributed by atoms with E-state index in [1.165, 1.54) is 25.7 Å². The smallest absolute Gasteiger partial charge is 0.122 e. The predicted molar refractivity (Wildman–Crippen MR) is 88.8 cm³/mol. The van der Waals surface area contributed by atoms with Gasteiger partial charge in [0.2, 0.25) is 0 Å². The number of halogens is 1. The molecule has 0 aliphatic carbocycles. The monoisotopic (exact) mass is 296 g/mol. The van der Waals surface area contributed by atoms with E-state index in [1.54, 1.807) is 0 Å². The van der Waals surface area contributed by atoms with Crippen LogP contribution in [0.15, 0.2) is 12.1 Å². The first-order valence-electron chi connectivity index (χ1n) is 7.81. The Hall–Kier alpha value is -0.690. The summed E-state index contributed by atoms with van der Waals surface area (Å²) in [5.74, 6) is 0.980. The SMILES string of the molecule is CCCCCCCc1cc(CCl)cc(C(C)(C)C)c1O. The van der Waals surface area contributed by atoms with Gasteiger partial charge in [0.1, 0.15) is 5.75 Å². The van der Waals surface area contributed by atoms with Crippen molar-refractivity contribution >= 4 is 11.6 Å². The van der Waals surface area contributed by atoms with E-state index in [0.717, 1.165) is 29.5 Å². The molecule has 1 rings (SSSR count). The highest BCUT2D eigenvalue weighted by Crippen LogP contribution is 2.35. The van der Waals surface area contributed by atoms with Crippen molar-refractivity contribution in [1.82, 2.24) is 0 Å². The van der Waals surface area contributed by atoms with E-state index in [2.05, 4.69) is 33.8 Å². The number of aromatic hydroxyl groups is 1. The van der Waals surface area contributed by atoms with Crippen LogP contribution in [0.5, 0.6) is 5.75 Å². The zero-order chi connectivity index (χ0) is 15.2. The molecule has 0 bridgehead atoms. The number of rotatable bonds is 7. The van der Waals surface area contributed by atoms with Gasteiger partial charge in [-0.15, -0.1) is 11.6 Å². The number of hydrogen-bond acceptors (Lipinski definition) is 1. The molecule has 0 saturated heterocycles. The molecule has 0 saturated carbocycles. The van der Waals surface area contributed by atoms with Gasteiger partial charge in [-0.2, -0.15) is 0 Å². The Morgan fingerprint density at radius 2 is 1.70 bits per heavy atom. The topological polar surface area (TPSA) is 20.2 Å². The van der Waals surface area contributed by atoms with Crippen LogP contribution in [0.4, 0.5) is 0 Å². The van der Waals surface area contributed by atoms with Crippen molar-refractivity contribution in [3.63, 3.8) is 0 Å². The molecule has 0 aromatic heterocycles. The fraction of sp³-hybridized carbons (Fsp3) is 0.667. The van der Waals surface area contributed by atoms with Crippen molar-refractivity contribution in [1.29, 1.82) is 0 Å². The Morgan fingerprint density at radius 1 is 1.05 bits per heavy atom. The lowest BCUT2D eigenvalue weighted by atomic mass is 9.83. The third-order valence-corrected chi connectivity index (χ3v) is 4.07. The van der Waals surface area contributed by atoms with Gasteiger partial charge in [-0.25, -0.2) is 0 Å². The lowest BCUT2D eigenvalue weighted by molar-refractivity contribution is 0.438. The number of hydrogen-bond donors (Lipinski definition) is 1. The minimum atomic E-state index is -0.0525. The van der Waals surface area contributed by atoms with Crippen LogP contribution in [0.25, 0.3) is 0 Å². The van der Waals surface area contributed by atoms with Gasteiger partial charge in [0.25, 0.3) is 0 Å². The minimum Gasteiger partial charge on any atom is -0.507 e. The molecule has 1 aromatic carbocycles. The number of phenolic OH excluding ortho intramolecular Hbond substituents is 1. The van der Waals surface area contributed by atoms with Crippen LogP contribution in [0.3, 0.4) is 0 Å². The fourth-order valence-corrected chi connectivity index (χ4v) is 2.67. The number of benzene rings is 1. The van der Waals surface area contributed by atoms with E-state index in [1.807, 2.05) is 6.07 Å².